The third-order valence-electron chi connectivity index (χ3n) is 7.46. The molecule has 8 nitrogen and oxygen atoms in total. The largest absolute Gasteiger partial charge is 0.423 e. The lowest BCUT2D eigenvalue weighted by Crippen LogP contribution is -2.36. The predicted molar refractivity (Wildman–Crippen MR) is 152 cm³/mol. The van der Waals surface area contributed by atoms with E-state index in [1.54, 1.807) is 0 Å². The smallest absolute Gasteiger partial charge is 0.305 e. The van der Waals surface area contributed by atoms with Crippen LogP contribution in [0.2, 0.25) is 0 Å². The number of aromatic nitrogens is 1. The number of sulfonamides is 1. The van der Waals surface area contributed by atoms with Crippen LogP contribution < -0.4 is 4.90 Å². The van der Waals surface area contributed by atoms with Crippen molar-refractivity contribution >= 4 is 33.0 Å². The normalized spacial score (nSPS) is 14.0. The Balaban J connectivity index is 1.40. The maximum atomic E-state index is 14.4. The van der Waals surface area contributed by atoms with Gasteiger partial charge in [0, 0.05) is 37.3 Å². The van der Waals surface area contributed by atoms with Crippen molar-refractivity contribution in [2.24, 2.45) is 0 Å². The molecule has 0 fully saturated rings. The molecule has 0 bridgehead atoms. The molecule has 2 heterocycles. The minimum atomic E-state index is -3.78. The third-order valence-corrected chi connectivity index (χ3v) is 9.32. The minimum absolute atomic E-state index is 0.0842. The number of rotatable bonds is 10. The number of anilines is 1. The van der Waals surface area contributed by atoms with Crippen molar-refractivity contribution in [3.63, 3.8) is 0 Å². The second-order valence-electron chi connectivity index (χ2n) is 9.95. The van der Waals surface area contributed by atoms with Gasteiger partial charge in [0.05, 0.1) is 4.90 Å². The summed E-state index contributed by atoms with van der Waals surface area (Å²) in [6, 6.07) is 15.1. The Bertz CT molecular complexity index is 1650. The van der Waals surface area contributed by atoms with E-state index in [1.165, 1.54) is 33.5 Å². The standard InChI is InChI=1S/C30H32F2N4O4S/c1-3-34(4-2)15-7-16-36(30-33-28-26(32)18-24(31)19-27(28)40-30)29(37)22-10-12-25(13-11-22)41(38,39)35-17-14-21-8-5-6-9-23(21)20-35/h5-6,8-13,18-19H,3-4,7,14-17,20H2,1-2H3. The Labute approximate surface area is 238 Å². The Kier molecular flexibility index (Phi) is 8.48. The molecule has 1 amide bonds. The number of oxazole rings is 1. The molecule has 4 aromatic rings. The van der Waals surface area contributed by atoms with Crippen molar-refractivity contribution in [3.8, 4) is 0 Å². The number of amides is 1. The van der Waals surface area contributed by atoms with Gasteiger partial charge in [-0.15, -0.1) is 0 Å². The molecule has 3 aromatic carbocycles. The molecule has 1 aromatic heterocycles. The SMILES string of the molecule is CCN(CC)CCCN(C(=O)c1ccc(S(=O)(=O)N2CCc3ccccc3C2)cc1)c1nc2c(F)cc(F)cc2o1. The number of fused-ring (bicyclic) bond motifs is 2. The summed E-state index contributed by atoms with van der Waals surface area (Å²) >= 11 is 0. The van der Waals surface area contributed by atoms with E-state index in [0.29, 0.717) is 32.0 Å². The molecule has 216 valence electrons. The van der Waals surface area contributed by atoms with E-state index < -0.39 is 27.6 Å². The van der Waals surface area contributed by atoms with E-state index in [0.717, 1.165) is 30.3 Å². The molecular weight excluding hydrogens is 550 g/mol. The predicted octanol–water partition coefficient (Wildman–Crippen LogP) is 5.23. The van der Waals surface area contributed by atoms with E-state index in [4.69, 9.17) is 4.42 Å². The number of nitrogens with zero attached hydrogens (tertiary/aromatic N) is 4. The lowest BCUT2D eigenvalue weighted by molar-refractivity contribution is 0.0980. The molecule has 0 aliphatic carbocycles. The van der Waals surface area contributed by atoms with Gasteiger partial charge < -0.3 is 9.32 Å². The molecule has 1 aliphatic heterocycles. The summed E-state index contributed by atoms with van der Waals surface area (Å²) in [6.07, 6.45) is 1.20. The molecular formula is C30H32F2N4O4S. The molecule has 11 heteroatoms. The molecule has 0 N–H and O–H groups in total. The van der Waals surface area contributed by atoms with Crippen LogP contribution in [0.1, 0.15) is 41.8 Å². The van der Waals surface area contributed by atoms with Crippen LogP contribution in [0.5, 0.6) is 0 Å². The van der Waals surface area contributed by atoms with Crippen LogP contribution in [-0.4, -0.2) is 61.2 Å². The summed E-state index contributed by atoms with van der Waals surface area (Å²) in [6.45, 7) is 7.34. The Morgan fingerprint density at radius 2 is 1.71 bits per heavy atom. The van der Waals surface area contributed by atoms with Gasteiger partial charge in [-0.05, 0) is 67.9 Å². The zero-order chi connectivity index (χ0) is 29.1. The zero-order valence-corrected chi connectivity index (χ0v) is 23.8. The number of hydrogen-bond donors (Lipinski definition) is 0. The molecule has 0 spiro atoms. The fourth-order valence-electron chi connectivity index (χ4n) is 5.09. The highest BCUT2D eigenvalue weighted by atomic mass is 32.2. The first-order valence-corrected chi connectivity index (χ1v) is 15.1. The molecule has 1 aliphatic rings. The van der Waals surface area contributed by atoms with Gasteiger partial charge in [-0.3, -0.25) is 9.69 Å². The van der Waals surface area contributed by atoms with Crippen molar-refractivity contribution in [1.82, 2.24) is 14.2 Å². The summed E-state index contributed by atoms with van der Waals surface area (Å²) in [5.41, 5.74) is 2.05. The zero-order valence-electron chi connectivity index (χ0n) is 23.0. The first-order valence-electron chi connectivity index (χ1n) is 13.7. The average molecular weight is 583 g/mol. The topological polar surface area (TPSA) is 87.0 Å². The molecule has 0 saturated heterocycles. The van der Waals surface area contributed by atoms with Gasteiger partial charge in [-0.2, -0.15) is 9.29 Å². The van der Waals surface area contributed by atoms with Crippen LogP contribution in [0.15, 0.2) is 70.0 Å². The fourth-order valence-corrected chi connectivity index (χ4v) is 6.51. The highest BCUT2D eigenvalue weighted by Crippen LogP contribution is 2.28. The van der Waals surface area contributed by atoms with Crippen molar-refractivity contribution < 1.29 is 26.4 Å². The van der Waals surface area contributed by atoms with Gasteiger partial charge in [-0.1, -0.05) is 38.1 Å². The van der Waals surface area contributed by atoms with E-state index in [2.05, 4.69) is 9.88 Å². The molecule has 0 saturated carbocycles. The van der Waals surface area contributed by atoms with Crippen molar-refractivity contribution in [1.29, 1.82) is 0 Å². The number of benzene rings is 3. The summed E-state index contributed by atoms with van der Waals surface area (Å²) in [5.74, 6) is -2.20. The van der Waals surface area contributed by atoms with Gasteiger partial charge in [-0.25, -0.2) is 17.2 Å². The van der Waals surface area contributed by atoms with Gasteiger partial charge >= 0.3 is 6.01 Å². The van der Waals surface area contributed by atoms with Gasteiger partial charge in [0.2, 0.25) is 10.0 Å². The van der Waals surface area contributed by atoms with Crippen LogP contribution in [0.25, 0.3) is 11.1 Å². The molecule has 41 heavy (non-hydrogen) atoms. The van der Waals surface area contributed by atoms with E-state index in [9.17, 15) is 22.0 Å². The molecule has 0 atom stereocenters. The van der Waals surface area contributed by atoms with E-state index in [-0.39, 0.29) is 40.7 Å². The second-order valence-corrected chi connectivity index (χ2v) is 11.9. The average Bonchev–Trinajstić information content (AvgIpc) is 3.41. The van der Waals surface area contributed by atoms with Crippen LogP contribution in [0, 0.1) is 11.6 Å². The van der Waals surface area contributed by atoms with Crippen LogP contribution >= 0.6 is 0 Å². The molecule has 0 radical (unpaired) electrons. The maximum Gasteiger partial charge on any atom is 0.305 e. The lowest BCUT2D eigenvalue weighted by Gasteiger charge is -2.28. The van der Waals surface area contributed by atoms with Crippen LogP contribution in [-0.2, 0) is 23.0 Å². The summed E-state index contributed by atoms with van der Waals surface area (Å²) in [5, 5.41) is 0. The Hall–Kier alpha value is -3.67. The monoisotopic (exact) mass is 582 g/mol. The number of carbonyl (C=O) groups is 1. The summed E-state index contributed by atoms with van der Waals surface area (Å²) in [4.78, 5) is 21.4. The third kappa shape index (κ3) is 6.02. The molecule has 0 unspecified atom stereocenters. The molecule has 5 rings (SSSR count). The first kappa shape index (κ1) is 28.8. The van der Waals surface area contributed by atoms with Gasteiger partial charge in [0.15, 0.2) is 11.4 Å². The fraction of sp³-hybridized carbons (Fsp3) is 0.333. The second kappa shape index (κ2) is 12.1. The number of carbonyl (C=O) groups excluding carboxylic acids is 1. The van der Waals surface area contributed by atoms with Crippen LogP contribution in [0.3, 0.4) is 0 Å². The number of hydrogen-bond acceptors (Lipinski definition) is 6. The van der Waals surface area contributed by atoms with Gasteiger partial charge in [0.1, 0.15) is 11.3 Å². The van der Waals surface area contributed by atoms with Crippen molar-refractivity contribution in [2.75, 3.05) is 37.6 Å². The highest BCUT2D eigenvalue weighted by molar-refractivity contribution is 7.89. The summed E-state index contributed by atoms with van der Waals surface area (Å²) < 4.78 is 62.0. The van der Waals surface area contributed by atoms with Crippen LogP contribution in [0.4, 0.5) is 14.8 Å². The first-order chi connectivity index (χ1) is 19.7. The van der Waals surface area contributed by atoms with Gasteiger partial charge in [0.25, 0.3) is 5.91 Å². The van der Waals surface area contributed by atoms with Crippen molar-refractivity contribution in [2.45, 2.75) is 38.1 Å². The Morgan fingerprint density at radius 3 is 2.41 bits per heavy atom. The van der Waals surface area contributed by atoms with E-state index >= 15 is 0 Å². The van der Waals surface area contributed by atoms with Crippen molar-refractivity contribution in [3.05, 3.63) is 89.0 Å². The highest BCUT2D eigenvalue weighted by Gasteiger charge is 2.29. The number of halogens is 2. The maximum absolute atomic E-state index is 14.4. The van der Waals surface area contributed by atoms with E-state index in [1.807, 2.05) is 38.1 Å². The quantitative estimate of drug-likeness (QED) is 0.255. The minimum Gasteiger partial charge on any atom is -0.423 e. The Morgan fingerprint density at radius 1 is 1.00 bits per heavy atom. The lowest BCUT2D eigenvalue weighted by atomic mass is 10.0. The summed E-state index contributed by atoms with van der Waals surface area (Å²) in [7, 11) is -3.78.